The van der Waals surface area contributed by atoms with Crippen LogP contribution in [0.1, 0.15) is 23.0 Å². The Morgan fingerprint density at radius 3 is 2.60 bits per heavy atom. The van der Waals surface area contributed by atoms with Crippen LogP contribution < -0.4 is 10.5 Å². The van der Waals surface area contributed by atoms with Gasteiger partial charge in [0, 0.05) is 17.3 Å². The van der Waals surface area contributed by atoms with Crippen molar-refractivity contribution < 1.29 is 17.7 Å². The van der Waals surface area contributed by atoms with E-state index in [4.69, 9.17) is 10.3 Å². The standard InChI is InChI=1S/C12H13N3O4S/c1-7-5-12(14-19-7)15-20(17,18)9-3-4-11(13)10(6-9)8(2)16/h3-6H,13H2,1-2H3,(H,14,15). The van der Waals surface area contributed by atoms with Gasteiger partial charge in [-0.3, -0.25) is 9.52 Å². The molecule has 0 amide bonds. The normalized spacial score (nSPS) is 11.3. The van der Waals surface area contributed by atoms with Crippen molar-refractivity contribution in [2.24, 2.45) is 0 Å². The molecule has 0 spiro atoms. The van der Waals surface area contributed by atoms with Crippen LogP contribution in [0.25, 0.3) is 0 Å². The van der Waals surface area contributed by atoms with E-state index in [-0.39, 0.29) is 27.7 Å². The Bertz CT molecular complexity index is 765. The van der Waals surface area contributed by atoms with Crippen LogP contribution in [0, 0.1) is 6.92 Å². The quantitative estimate of drug-likeness (QED) is 0.653. The van der Waals surface area contributed by atoms with Crippen LogP contribution >= 0.6 is 0 Å². The molecule has 2 aromatic rings. The predicted molar refractivity (Wildman–Crippen MR) is 72.9 cm³/mol. The lowest BCUT2D eigenvalue weighted by molar-refractivity contribution is 0.101. The van der Waals surface area contributed by atoms with E-state index >= 15 is 0 Å². The number of benzene rings is 1. The van der Waals surface area contributed by atoms with Crippen molar-refractivity contribution in [1.29, 1.82) is 0 Å². The van der Waals surface area contributed by atoms with E-state index in [0.717, 1.165) is 0 Å². The fourth-order valence-electron chi connectivity index (χ4n) is 1.62. The highest BCUT2D eigenvalue weighted by molar-refractivity contribution is 7.92. The van der Waals surface area contributed by atoms with Crippen molar-refractivity contribution in [3.8, 4) is 0 Å². The third kappa shape index (κ3) is 2.80. The molecular formula is C12H13N3O4S. The van der Waals surface area contributed by atoms with Gasteiger partial charge >= 0.3 is 0 Å². The van der Waals surface area contributed by atoms with Crippen molar-refractivity contribution in [3.63, 3.8) is 0 Å². The number of carbonyl (C=O) groups is 1. The Kier molecular flexibility index (Phi) is 3.49. The predicted octanol–water partition coefficient (Wildman–Crippen LogP) is 1.57. The molecule has 3 N–H and O–H groups in total. The number of Topliss-reactive ketones (excluding diaryl/α,β-unsaturated/α-hetero) is 1. The second kappa shape index (κ2) is 4.97. The second-order valence-corrected chi connectivity index (χ2v) is 5.92. The van der Waals surface area contributed by atoms with E-state index in [1.807, 2.05) is 0 Å². The maximum atomic E-state index is 12.2. The van der Waals surface area contributed by atoms with E-state index in [2.05, 4.69) is 9.88 Å². The molecule has 0 aliphatic carbocycles. The van der Waals surface area contributed by atoms with Crippen molar-refractivity contribution in [3.05, 3.63) is 35.6 Å². The lowest BCUT2D eigenvalue weighted by Crippen LogP contribution is -2.14. The zero-order valence-electron chi connectivity index (χ0n) is 10.9. The van der Waals surface area contributed by atoms with Crippen LogP contribution in [0.5, 0.6) is 0 Å². The maximum absolute atomic E-state index is 12.2. The van der Waals surface area contributed by atoms with Gasteiger partial charge in [-0.25, -0.2) is 8.42 Å². The number of sulfonamides is 1. The summed E-state index contributed by atoms with van der Waals surface area (Å²) in [7, 11) is -3.85. The zero-order valence-corrected chi connectivity index (χ0v) is 11.7. The van der Waals surface area contributed by atoms with E-state index in [1.165, 1.54) is 31.2 Å². The van der Waals surface area contributed by atoms with Crippen LogP contribution in [-0.4, -0.2) is 19.4 Å². The van der Waals surface area contributed by atoms with Crippen molar-refractivity contribution in [1.82, 2.24) is 5.16 Å². The molecule has 1 aromatic heterocycles. The molecule has 106 valence electrons. The van der Waals surface area contributed by atoms with Gasteiger partial charge in [0.25, 0.3) is 10.0 Å². The van der Waals surface area contributed by atoms with E-state index in [9.17, 15) is 13.2 Å². The van der Waals surface area contributed by atoms with Crippen molar-refractivity contribution in [2.45, 2.75) is 18.7 Å². The molecule has 0 saturated heterocycles. The highest BCUT2D eigenvalue weighted by Gasteiger charge is 2.18. The smallest absolute Gasteiger partial charge is 0.263 e. The average Bonchev–Trinajstić information content (AvgIpc) is 2.73. The summed E-state index contributed by atoms with van der Waals surface area (Å²) >= 11 is 0. The Morgan fingerprint density at radius 1 is 1.35 bits per heavy atom. The molecular weight excluding hydrogens is 282 g/mol. The molecule has 0 unspecified atom stereocenters. The minimum Gasteiger partial charge on any atom is -0.398 e. The third-order valence-corrected chi connectivity index (χ3v) is 3.93. The highest BCUT2D eigenvalue weighted by Crippen LogP contribution is 2.21. The maximum Gasteiger partial charge on any atom is 0.263 e. The molecule has 0 atom stereocenters. The number of hydrogen-bond acceptors (Lipinski definition) is 6. The Balaban J connectivity index is 2.39. The third-order valence-electron chi connectivity index (χ3n) is 2.58. The van der Waals surface area contributed by atoms with Crippen molar-refractivity contribution >= 4 is 27.3 Å². The number of hydrogen-bond donors (Lipinski definition) is 2. The van der Waals surface area contributed by atoms with E-state index in [0.29, 0.717) is 5.76 Å². The summed E-state index contributed by atoms with van der Waals surface area (Å²) in [6, 6.07) is 5.37. The largest absolute Gasteiger partial charge is 0.398 e. The minimum atomic E-state index is -3.85. The number of aryl methyl sites for hydroxylation is 1. The molecule has 0 saturated carbocycles. The second-order valence-electron chi connectivity index (χ2n) is 4.23. The monoisotopic (exact) mass is 295 g/mol. The van der Waals surface area contributed by atoms with Crippen LogP contribution in [0.3, 0.4) is 0 Å². The number of nitrogens with two attached hydrogens (primary N) is 1. The summed E-state index contributed by atoms with van der Waals surface area (Å²) < 4.78 is 31.3. The minimum absolute atomic E-state index is 0.0717. The Morgan fingerprint density at radius 2 is 2.05 bits per heavy atom. The number of anilines is 2. The number of carbonyl (C=O) groups excluding carboxylic acids is 1. The number of nitrogens with zero attached hydrogens (tertiary/aromatic N) is 1. The van der Waals surface area contributed by atoms with Gasteiger partial charge in [0.15, 0.2) is 11.6 Å². The lowest BCUT2D eigenvalue weighted by Gasteiger charge is -2.07. The zero-order chi connectivity index (χ0) is 14.9. The molecule has 7 nitrogen and oxygen atoms in total. The SMILES string of the molecule is CC(=O)c1cc(S(=O)(=O)Nc2cc(C)on2)ccc1N. The number of ketones is 1. The molecule has 20 heavy (non-hydrogen) atoms. The number of nitrogen functional groups attached to an aromatic ring is 1. The first-order chi connectivity index (χ1) is 9.29. The summed E-state index contributed by atoms with van der Waals surface area (Å²) in [5.74, 6) is 0.241. The first-order valence-electron chi connectivity index (χ1n) is 5.66. The topological polar surface area (TPSA) is 115 Å². The van der Waals surface area contributed by atoms with E-state index < -0.39 is 10.0 Å². The summed E-state index contributed by atoms with van der Waals surface area (Å²) in [5, 5.41) is 3.54. The van der Waals surface area contributed by atoms with Crippen LogP contribution in [0.4, 0.5) is 11.5 Å². The summed E-state index contributed by atoms with van der Waals surface area (Å²) in [6.45, 7) is 2.96. The molecule has 0 radical (unpaired) electrons. The summed E-state index contributed by atoms with van der Waals surface area (Å²) in [6.07, 6.45) is 0. The molecule has 1 heterocycles. The van der Waals surface area contributed by atoms with Gasteiger partial charge in [-0.05, 0) is 32.0 Å². The molecule has 0 bridgehead atoms. The number of aromatic nitrogens is 1. The Labute approximate surface area is 115 Å². The first kappa shape index (κ1) is 14.1. The molecule has 8 heteroatoms. The van der Waals surface area contributed by atoms with Crippen LogP contribution in [0.15, 0.2) is 33.7 Å². The first-order valence-corrected chi connectivity index (χ1v) is 7.14. The number of nitrogens with one attached hydrogen (secondary N) is 1. The van der Waals surface area contributed by atoms with Gasteiger partial charge in [-0.1, -0.05) is 5.16 Å². The molecule has 1 aromatic carbocycles. The van der Waals surface area contributed by atoms with Gasteiger partial charge in [0.1, 0.15) is 5.76 Å². The van der Waals surface area contributed by atoms with Gasteiger partial charge in [-0.15, -0.1) is 0 Å². The highest BCUT2D eigenvalue weighted by atomic mass is 32.2. The number of rotatable bonds is 4. The van der Waals surface area contributed by atoms with Gasteiger partial charge < -0.3 is 10.3 Å². The lowest BCUT2D eigenvalue weighted by atomic mass is 10.1. The molecule has 0 aliphatic heterocycles. The van der Waals surface area contributed by atoms with Crippen LogP contribution in [-0.2, 0) is 10.0 Å². The summed E-state index contributed by atoms with van der Waals surface area (Å²) in [5.41, 5.74) is 6.01. The van der Waals surface area contributed by atoms with Gasteiger partial charge in [-0.2, -0.15) is 0 Å². The Hall–Kier alpha value is -2.35. The van der Waals surface area contributed by atoms with Gasteiger partial charge in [0.05, 0.1) is 4.90 Å². The fraction of sp³-hybridized carbons (Fsp3) is 0.167. The average molecular weight is 295 g/mol. The van der Waals surface area contributed by atoms with E-state index in [1.54, 1.807) is 6.92 Å². The van der Waals surface area contributed by atoms with Gasteiger partial charge in [0.2, 0.25) is 0 Å². The summed E-state index contributed by atoms with van der Waals surface area (Å²) in [4.78, 5) is 11.3. The van der Waals surface area contributed by atoms with Crippen LogP contribution in [0.2, 0.25) is 0 Å². The fourth-order valence-corrected chi connectivity index (χ4v) is 2.63. The van der Waals surface area contributed by atoms with Crippen molar-refractivity contribution in [2.75, 3.05) is 10.5 Å². The molecule has 0 aliphatic rings. The molecule has 2 rings (SSSR count). The molecule has 0 fully saturated rings.